The molecule has 0 atom stereocenters. The number of phenols is 1. The zero-order chi connectivity index (χ0) is 20.8. The van der Waals surface area contributed by atoms with Gasteiger partial charge in [0.05, 0.1) is 17.8 Å². The second-order valence-corrected chi connectivity index (χ2v) is 8.26. The highest BCUT2D eigenvalue weighted by Gasteiger charge is 2.24. The Balaban J connectivity index is 1.48. The third-order valence-corrected chi connectivity index (χ3v) is 5.79. The third-order valence-electron chi connectivity index (χ3n) is 4.94. The van der Waals surface area contributed by atoms with Gasteiger partial charge in [0.25, 0.3) is 0 Å². The van der Waals surface area contributed by atoms with Crippen LogP contribution in [0.25, 0.3) is 0 Å². The maximum atomic E-state index is 12.4. The van der Waals surface area contributed by atoms with Crippen LogP contribution in [0.4, 0.5) is 0 Å². The van der Waals surface area contributed by atoms with Crippen LogP contribution in [0.1, 0.15) is 24.0 Å². The number of halogens is 2. The van der Waals surface area contributed by atoms with Gasteiger partial charge in [0.2, 0.25) is 5.91 Å². The van der Waals surface area contributed by atoms with Crippen LogP contribution in [0.3, 0.4) is 0 Å². The Hall–Kier alpha value is -2.09. The number of likely N-dealkylation sites (tertiary alicyclic amines) is 1. The number of carbonyl (C=O) groups excluding carboxylic acids is 1. The van der Waals surface area contributed by atoms with Gasteiger partial charge < -0.3 is 9.84 Å². The summed E-state index contributed by atoms with van der Waals surface area (Å²) >= 11 is 9.19. The van der Waals surface area contributed by atoms with Crippen LogP contribution in [0, 0.1) is 5.92 Å². The van der Waals surface area contributed by atoms with E-state index in [4.69, 9.17) is 16.3 Å². The number of methoxy groups -OCH3 is 1. The summed E-state index contributed by atoms with van der Waals surface area (Å²) < 4.78 is 5.61. The SMILES string of the molecule is COc1cc(/C=N\NC(=O)C2CCN(Cc3ccc(Cl)cc3)CC2)cc(Br)c1O. The van der Waals surface area contributed by atoms with Crippen LogP contribution < -0.4 is 10.2 Å². The van der Waals surface area contributed by atoms with Gasteiger partial charge in [-0.15, -0.1) is 0 Å². The van der Waals surface area contributed by atoms with Crippen LogP contribution in [0.5, 0.6) is 11.5 Å². The molecule has 1 heterocycles. The van der Waals surface area contributed by atoms with Gasteiger partial charge in [0.15, 0.2) is 11.5 Å². The lowest BCUT2D eigenvalue weighted by atomic mass is 9.96. The van der Waals surface area contributed by atoms with E-state index >= 15 is 0 Å². The number of hydrogen-bond donors (Lipinski definition) is 2. The first kappa shape index (κ1) is 21.6. The standard InChI is InChI=1S/C21H23BrClN3O3/c1-29-19-11-15(10-18(22)20(19)27)12-24-25-21(28)16-6-8-26(9-7-16)13-14-2-4-17(23)5-3-14/h2-5,10-12,16,27H,6-9,13H2,1H3,(H,25,28)/b24-12-. The molecule has 3 rings (SSSR count). The molecule has 0 unspecified atom stereocenters. The van der Waals surface area contributed by atoms with Crippen molar-refractivity contribution in [2.24, 2.45) is 11.0 Å². The van der Waals surface area contributed by atoms with Crippen molar-refractivity contribution in [3.63, 3.8) is 0 Å². The predicted molar refractivity (Wildman–Crippen MR) is 118 cm³/mol. The van der Waals surface area contributed by atoms with Crippen molar-refractivity contribution in [2.45, 2.75) is 19.4 Å². The van der Waals surface area contributed by atoms with E-state index in [-0.39, 0.29) is 17.6 Å². The van der Waals surface area contributed by atoms with Crippen LogP contribution in [-0.2, 0) is 11.3 Å². The lowest BCUT2D eigenvalue weighted by Crippen LogP contribution is -2.39. The lowest BCUT2D eigenvalue weighted by Gasteiger charge is -2.30. The molecule has 2 aromatic rings. The molecule has 154 valence electrons. The van der Waals surface area contributed by atoms with Crippen molar-refractivity contribution < 1.29 is 14.6 Å². The Morgan fingerprint density at radius 2 is 2.03 bits per heavy atom. The number of nitrogens with one attached hydrogen (secondary N) is 1. The molecule has 0 aromatic heterocycles. The predicted octanol–water partition coefficient (Wildman–Crippen LogP) is 4.18. The second kappa shape index (κ2) is 10.1. The summed E-state index contributed by atoms with van der Waals surface area (Å²) in [4.78, 5) is 14.7. The zero-order valence-corrected chi connectivity index (χ0v) is 18.4. The monoisotopic (exact) mass is 479 g/mol. The molecule has 8 heteroatoms. The fraction of sp³-hybridized carbons (Fsp3) is 0.333. The molecule has 29 heavy (non-hydrogen) atoms. The van der Waals surface area contributed by atoms with Gasteiger partial charge in [0.1, 0.15) is 0 Å². The van der Waals surface area contributed by atoms with Gasteiger partial charge in [-0.1, -0.05) is 23.7 Å². The first-order valence-electron chi connectivity index (χ1n) is 9.32. The third kappa shape index (κ3) is 5.95. The van der Waals surface area contributed by atoms with E-state index in [0.717, 1.165) is 37.5 Å². The zero-order valence-electron chi connectivity index (χ0n) is 16.1. The first-order valence-corrected chi connectivity index (χ1v) is 10.5. The first-order chi connectivity index (χ1) is 14.0. The highest BCUT2D eigenvalue weighted by atomic mass is 79.9. The number of hydrazone groups is 1. The number of benzene rings is 2. The largest absolute Gasteiger partial charge is 0.503 e. The smallest absolute Gasteiger partial charge is 0.243 e. The second-order valence-electron chi connectivity index (χ2n) is 6.96. The van der Waals surface area contributed by atoms with E-state index in [9.17, 15) is 9.90 Å². The number of piperidine rings is 1. The van der Waals surface area contributed by atoms with E-state index in [1.54, 1.807) is 12.1 Å². The highest BCUT2D eigenvalue weighted by Crippen LogP contribution is 2.34. The number of phenolic OH excluding ortho intramolecular Hbond substituents is 1. The normalized spacial score (nSPS) is 15.6. The number of carbonyl (C=O) groups is 1. The van der Waals surface area contributed by atoms with Crippen molar-refractivity contribution in [3.05, 3.63) is 57.0 Å². The number of aromatic hydroxyl groups is 1. The van der Waals surface area contributed by atoms with Crippen LogP contribution in [0.15, 0.2) is 46.0 Å². The summed E-state index contributed by atoms with van der Waals surface area (Å²) in [5.74, 6) is 0.242. The van der Waals surface area contributed by atoms with E-state index in [1.807, 2.05) is 24.3 Å². The molecule has 0 aliphatic carbocycles. The summed E-state index contributed by atoms with van der Waals surface area (Å²) in [7, 11) is 1.48. The molecule has 0 radical (unpaired) electrons. The Morgan fingerprint density at radius 1 is 1.34 bits per heavy atom. The number of hydrogen-bond acceptors (Lipinski definition) is 5. The summed E-state index contributed by atoms with van der Waals surface area (Å²) in [5, 5.41) is 14.6. The van der Waals surface area contributed by atoms with Crippen molar-refractivity contribution in [3.8, 4) is 11.5 Å². The van der Waals surface area contributed by atoms with Gasteiger partial charge in [-0.2, -0.15) is 5.10 Å². The highest BCUT2D eigenvalue weighted by molar-refractivity contribution is 9.10. The fourth-order valence-corrected chi connectivity index (χ4v) is 3.87. The molecule has 2 N–H and O–H groups in total. The van der Waals surface area contributed by atoms with E-state index < -0.39 is 0 Å². The van der Waals surface area contributed by atoms with Crippen molar-refractivity contribution in [1.29, 1.82) is 0 Å². The molecule has 0 bridgehead atoms. The maximum Gasteiger partial charge on any atom is 0.243 e. The Kier molecular flexibility index (Phi) is 7.52. The lowest BCUT2D eigenvalue weighted by molar-refractivity contribution is -0.126. The Labute approximate surface area is 183 Å². The van der Waals surface area contributed by atoms with Gasteiger partial charge in [-0.3, -0.25) is 9.69 Å². The van der Waals surface area contributed by atoms with Crippen molar-refractivity contribution in [1.82, 2.24) is 10.3 Å². The molecule has 1 saturated heterocycles. The van der Waals surface area contributed by atoms with Gasteiger partial charge >= 0.3 is 0 Å². The topological polar surface area (TPSA) is 74.2 Å². The molecule has 1 aliphatic heterocycles. The molecule has 1 amide bonds. The average Bonchev–Trinajstić information content (AvgIpc) is 2.72. The molecule has 2 aromatic carbocycles. The number of amides is 1. The average molecular weight is 481 g/mol. The molecule has 1 aliphatic rings. The van der Waals surface area contributed by atoms with Gasteiger partial charge in [-0.25, -0.2) is 5.43 Å². The van der Waals surface area contributed by atoms with Crippen LogP contribution >= 0.6 is 27.5 Å². The minimum atomic E-state index is -0.0720. The molecular weight excluding hydrogens is 458 g/mol. The molecule has 6 nitrogen and oxygen atoms in total. The summed E-state index contributed by atoms with van der Waals surface area (Å²) in [5.41, 5.74) is 4.54. The van der Waals surface area contributed by atoms with Gasteiger partial charge in [0, 0.05) is 17.5 Å². The molecular formula is C21H23BrClN3O3. The van der Waals surface area contributed by atoms with Crippen LogP contribution in [0.2, 0.25) is 5.02 Å². The summed E-state index contributed by atoms with van der Waals surface area (Å²) in [6.45, 7) is 2.60. The Morgan fingerprint density at radius 3 is 2.69 bits per heavy atom. The van der Waals surface area contributed by atoms with Gasteiger partial charge in [-0.05, 0) is 77.3 Å². The van der Waals surface area contributed by atoms with E-state index in [1.165, 1.54) is 18.9 Å². The quantitative estimate of drug-likeness (QED) is 0.480. The minimum absolute atomic E-state index is 0.0269. The van der Waals surface area contributed by atoms with Crippen molar-refractivity contribution in [2.75, 3.05) is 20.2 Å². The molecule has 1 fully saturated rings. The van der Waals surface area contributed by atoms with Crippen molar-refractivity contribution >= 4 is 39.7 Å². The molecule has 0 saturated carbocycles. The minimum Gasteiger partial charge on any atom is -0.503 e. The molecule has 0 spiro atoms. The number of ether oxygens (including phenoxy) is 1. The number of rotatable bonds is 6. The Bertz CT molecular complexity index is 881. The van der Waals surface area contributed by atoms with E-state index in [2.05, 4.69) is 31.4 Å². The fourth-order valence-electron chi connectivity index (χ4n) is 3.29. The summed E-state index contributed by atoms with van der Waals surface area (Å²) in [6.07, 6.45) is 3.13. The van der Waals surface area contributed by atoms with E-state index in [0.29, 0.717) is 15.8 Å². The number of nitrogens with zero attached hydrogens (tertiary/aromatic N) is 2. The maximum absolute atomic E-state index is 12.4. The summed E-state index contributed by atoms with van der Waals surface area (Å²) in [6, 6.07) is 11.2. The van der Waals surface area contributed by atoms with Crippen LogP contribution in [-0.4, -0.2) is 42.3 Å².